The topological polar surface area (TPSA) is 30.0 Å². The Labute approximate surface area is 62.6 Å². The standard InChI is InChI=1S/Al.Mg.Mn.H2O.4H/h;;;1H2;;;;/q;+1;;;;;;/p-1. The van der Waals surface area contributed by atoms with E-state index in [1.807, 2.05) is 0 Å². The first-order valence-electron chi connectivity index (χ1n) is 0. The van der Waals surface area contributed by atoms with Gasteiger partial charge in [-0.25, -0.2) is 0 Å². The summed E-state index contributed by atoms with van der Waals surface area (Å²) in [6.07, 6.45) is 0. The van der Waals surface area contributed by atoms with Crippen molar-refractivity contribution in [3.63, 3.8) is 0 Å². The normalized spacial score (nSPS) is 0. The molecule has 0 aliphatic heterocycles. The SMILES string of the molecule is [AlH3].[MgH+].[Mn].[OH-]. The van der Waals surface area contributed by atoms with Crippen LogP contribution in [0.2, 0.25) is 0 Å². The van der Waals surface area contributed by atoms with Gasteiger partial charge in [-0.2, -0.15) is 0 Å². The Hall–Kier alpha value is 1.78. The Morgan fingerprint density at radius 1 is 1.00 bits per heavy atom. The molecule has 0 saturated heterocycles. The molecule has 0 spiro atoms. The van der Waals surface area contributed by atoms with Gasteiger partial charge in [0, 0.05) is 17.1 Å². The second-order valence-corrected chi connectivity index (χ2v) is 0. The minimum Gasteiger partial charge on any atom is -0.870 e. The van der Waals surface area contributed by atoms with Crippen LogP contribution in [-0.4, -0.2) is 45.9 Å². The Bertz CT molecular complexity index is 8.00. The van der Waals surface area contributed by atoms with Crippen molar-refractivity contribution in [1.29, 1.82) is 0 Å². The van der Waals surface area contributed by atoms with E-state index >= 15 is 0 Å². The van der Waals surface area contributed by atoms with Gasteiger partial charge in [0.1, 0.15) is 0 Å². The van der Waals surface area contributed by atoms with Crippen LogP contribution in [0.15, 0.2) is 0 Å². The maximum atomic E-state index is 0. The van der Waals surface area contributed by atoms with Gasteiger partial charge in [0.15, 0.2) is 17.4 Å². The molecule has 0 aromatic rings. The van der Waals surface area contributed by atoms with E-state index < -0.39 is 0 Å². The van der Waals surface area contributed by atoms with E-state index in [0.717, 1.165) is 0 Å². The van der Waals surface area contributed by atoms with Crippen LogP contribution in [0.3, 0.4) is 0 Å². The molecule has 0 amide bonds. The van der Waals surface area contributed by atoms with Crippen molar-refractivity contribution < 1.29 is 22.5 Å². The van der Waals surface area contributed by atoms with Crippen molar-refractivity contribution in [2.24, 2.45) is 0 Å². The van der Waals surface area contributed by atoms with Gasteiger partial charge < -0.3 is 5.48 Å². The van der Waals surface area contributed by atoms with Crippen molar-refractivity contribution >= 4 is 40.4 Å². The van der Waals surface area contributed by atoms with Crippen LogP contribution in [0.4, 0.5) is 0 Å². The van der Waals surface area contributed by atoms with Gasteiger partial charge in [-0.05, 0) is 0 Å². The third kappa shape index (κ3) is 9.22. The summed E-state index contributed by atoms with van der Waals surface area (Å²) in [6.45, 7) is 0. The zero-order valence-corrected chi connectivity index (χ0v) is 5.01. The number of hydrogen-bond acceptors (Lipinski definition) is 1. The van der Waals surface area contributed by atoms with Crippen LogP contribution in [0, 0.1) is 0 Å². The van der Waals surface area contributed by atoms with E-state index in [9.17, 15) is 0 Å². The van der Waals surface area contributed by atoms with Crippen molar-refractivity contribution in [3.8, 4) is 0 Å². The molecule has 4 heavy (non-hydrogen) atoms. The largest absolute Gasteiger partial charge is 0.870 e. The van der Waals surface area contributed by atoms with Crippen LogP contribution >= 0.6 is 0 Å². The minimum absolute atomic E-state index is 0. The Balaban J connectivity index is 0. The van der Waals surface area contributed by atoms with E-state index in [4.69, 9.17) is 0 Å². The van der Waals surface area contributed by atoms with Gasteiger partial charge in [0.2, 0.25) is 0 Å². The summed E-state index contributed by atoms with van der Waals surface area (Å²) in [5, 5.41) is 0. The summed E-state index contributed by atoms with van der Waals surface area (Å²) in [5.41, 5.74) is 0. The maximum absolute atomic E-state index is 0. The maximum Gasteiger partial charge on any atom is 0 e. The van der Waals surface area contributed by atoms with Gasteiger partial charge in [-0.15, -0.1) is 0 Å². The molecule has 0 aliphatic carbocycles. The predicted octanol–water partition coefficient (Wildman–Crippen LogP) is -2.01. The van der Waals surface area contributed by atoms with Gasteiger partial charge in [0.05, 0.1) is 0 Å². The number of hydrogen-bond donors (Lipinski definition) is 0. The van der Waals surface area contributed by atoms with Gasteiger partial charge in [-0.3, -0.25) is 0 Å². The van der Waals surface area contributed by atoms with Crippen molar-refractivity contribution in [3.05, 3.63) is 0 Å². The number of rotatable bonds is 0. The van der Waals surface area contributed by atoms with E-state index in [0.29, 0.717) is 0 Å². The predicted molar refractivity (Wildman–Crippen MR) is 19.0 cm³/mol. The molecule has 0 rings (SSSR count). The molecular formula is H5AlMgMnO. The molecule has 23 valence electrons. The first kappa shape index (κ1) is 41.7. The van der Waals surface area contributed by atoms with Crippen LogP contribution in [-0.2, 0) is 17.1 Å². The monoisotopic (exact) mass is 127 g/mol. The molecule has 0 aliphatic rings. The summed E-state index contributed by atoms with van der Waals surface area (Å²) < 4.78 is 0. The molecule has 4 heteroatoms. The molecule has 0 heterocycles. The van der Waals surface area contributed by atoms with Gasteiger partial charge >= 0.3 is 23.1 Å². The molecule has 0 atom stereocenters. The molecular weight excluding hydrogens is 122 g/mol. The van der Waals surface area contributed by atoms with Gasteiger partial charge in [-0.1, -0.05) is 0 Å². The zero-order chi connectivity index (χ0) is 0. The fraction of sp³-hybridized carbons (Fsp3) is 0. The minimum atomic E-state index is 0. The van der Waals surface area contributed by atoms with E-state index in [2.05, 4.69) is 0 Å². The molecule has 1 nitrogen and oxygen atoms in total. The molecule has 1 N–H and O–H groups in total. The third-order valence-corrected chi connectivity index (χ3v) is 0. The average molecular weight is 127 g/mol. The van der Waals surface area contributed by atoms with Crippen molar-refractivity contribution in [1.82, 2.24) is 0 Å². The average Bonchev–Trinajstić information content (AvgIpc) is 0. The first-order chi connectivity index (χ1) is 0. The molecule has 0 fully saturated rings. The quantitative estimate of drug-likeness (QED) is 0.346. The van der Waals surface area contributed by atoms with Crippen LogP contribution in [0.1, 0.15) is 0 Å². The Morgan fingerprint density at radius 2 is 1.00 bits per heavy atom. The molecule has 0 aromatic carbocycles. The van der Waals surface area contributed by atoms with Crippen molar-refractivity contribution in [2.75, 3.05) is 0 Å². The summed E-state index contributed by atoms with van der Waals surface area (Å²) in [4.78, 5) is 0. The van der Waals surface area contributed by atoms with E-state index in [-0.39, 0.29) is 63.0 Å². The van der Waals surface area contributed by atoms with Crippen LogP contribution < -0.4 is 0 Å². The molecule has 1 radical (unpaired) electrons. The first-order valence-corrected chi connectivity index (χ1v) is 0. The van der Waals surface area contributed by atoms with E-state index in [1.165, 1.54) is 0 Å². The fourth-order valence-electron chi connectivity index (χ4n) is 0. The van der Waals surface area contributed by atoms with Crippen molar-refractivity contribution in [2.45, 2.75) is 0 Å². The van der Waals surface area contributed by atoms with Crippen LogP contribution in [0.5, 0.6) is 0 Å². The van der Waals surface area contributed by atoms with Gasteiger partial charge in [0.25, 0.3) is 0 Å². The molecule has 0 unspecified atom stereocenters. The Kier molecular flexibility index (Phi) is 225. The Morgan fingerprint density at radius 3 is 1.00 bits per heavy atom. The second-order valence-electron chi connectivity index (χ2n) is 0. The molecule has 0 bridgehead atoms. The fourth-order valence-corrected chi connectivity index (χ4v) is 0. The van der Waals surface area contributed by atoms with E-state index in [1.54, 1.807) is 0 Å². The molecule has 0 aromatic heterocycles. The second kappa shape index (κ2) is 21.6. The molecule has 0 saturated carbocycles. The summed E-state index contributed by atoms with van der Waals surface area (Å²) in [7, 11) is 0. The summed E-state index contributed by atoms with van der Waals surface area (Å²) >= 11 is 0. The smallest absolute Gasteiger partial charge is 0 e. The van der Waals surface area contributed by atoms with Crippen LogP contribution in [0.25, 0.3) is 0 Å². The summed E-state index contributed by atoms with van der Waals surface area (Å²) in [6, 6.07) is 0. The zero-order valence-electron chi connectivity index (χ0n) is 1.83. The summed E-state index contributed by atoms with van der Waals surface area (Å²) in [5.74, 6) is 0. The third-order valence-electron chi connectivity index (χ3n) is 0.